The Labute approximate surface area is 154 Å². The Kier molecular flexibility index (Phi) is 4.76. The topological polar surface area (TPSA) is 60.2 Å². The van der Waals surface area contributed by atoms with E-state index >= 15 is 0 Å². The number of imidazole rings is 1. The Morgan fingerprint density at radius 3 is 2.96 bits per heavy atom. The van der Waals surface area contributed by atoms with Crippen molar-refractivity contribution in [3.8, 4) is 0 Å². The van der Waals surface area contributed by atoms with Crippen LogP contribution in [-0.4, -0.2) is 38.5 Å². The molecule has 0 N–H and O–H groups in total. The lowest BCUT2D eigenvalue weighted by Crippen LogP contribution is -2.40. The van der Waals surface area contributed by atoms with Gasteiger partial charge in [-0.05, 0) is 37.8 Å². The molecule has 0 spiro atoms. The molecule has 1 saturated carbocycles. The summed E-state index contributed by atoms with van der Waals surface area (Å²) in [6, 6.07) is 5.96. The summed E-state index contributed by atoms with van der Waals surface area (Å²) in [5.41, 5.74) is 4.13. The fraction of sp³-hybridized carbons (Fsp3) is 0.550. The zero-order valence-electron chi connectivity index (χ0n) is 15.5. The number of rotatable bonds is 6. The first-order chi connectivity index (χ1) is 12.6. The first kappa shape index (κ1) is 17.2. The molecule has 1 fully saturated rings. The second-order valence-electron chi connectivity index (χ2n) is 7.59. The third kappa shape index (κ3) is 3.80. The van der Waals surface area contributed by atoms with Gasteiger partial charge < -0.3 is 14.2 Å². The van der Waals surface area contributed by atoms with E-state index in [0.717, 1.165) is 17.1 Å². The number of fused-ring (bicyclic) bond motifs is 1. The minimum atomic E-state index is 0.152. The number of ether oxygens (including phenoxy) is 1. The Hall–Kier alpha value is -2.21. The molecule has 6 heteroatoms. The summed E-state index contributed by atoms with van der Waals surface area (Å²) in [5, 5.41) is 0. The van der Waals surface area contributed by atoms with E-state index in [0.29, 0.717) is 38.6 Å². The first-order valence-electron chi connectivity index (χ1n) is 9.38. The molecule has 1 unspecified atom stereocenters. The van der Waals surface area contributed by atoms with Crippen molar-refractivity contribution in [1.82, 2.24) is 19.4 Å². The van der Waals surface area contributed by atoms with Gasteiger partial charge in [-0.3, -0.25) is 9.78 Å². The molecular formula is C20H26N4O2. The van der Waals surface area contributed by atoms with Crippen molar-refractivity contribution in [3.05, 3.63) is 47.3 Å². The highest BCUT2D eigenvalue weighted by atomic mass is 16.5. The summed E-state index contributed by atoms with van der Waals surface area (Å²) in [7, 11) is 2.02. The predicted octanol–water partition coefficient (Wildman–Crippen LogP) is 2.57. The molecule has 0 radical (unpaired) electrons. The predicted molar refractivity (Wildman–Crippen MR) is 97.3 cm³/mol. The molecule has 2 aromatic rings. The van der Waals surface area contributed by atoms with E-state index in [1.807, 2.05) is 43.4 Å². The van der Waals surface area contributed by atoms with Crippen LogP contribution in [0.4, 0.5) is 0 Å². The number of nitrogens with zero attached hydrogens (tertiary/aromatic N) is 4. The average molecular weight is 354 g/mol. The van der Waals surface area contributed by atoms with Gasteiger partial charge >= 0.3 is 0 Å². The van der Waals surface area contributed by atoms with Gasteiger partial charge in [0.1, 0.15) is 0 Å². The largest absolute Gasteiger partial charge is 0.374 e. The fourth-order valence-electron chi connectivity index (χ4n) is 3.74. The van der Waals surface area contributed by atoms with Crippen LogP contribution in [0.1, 0.15) is 48.0 Å². The SMILES string of the molecule is Cc1cccc(COCC2CN(C(=O)CC3CC3)Cc3ncn(C)c32)n1. The molecule has 2 aromatic heterocycles. The van der Waals surface area contributed by atoms with Gasteiger partial charge in [-0.2, -0.15) is 0 Å². The van der Waals surface area contributed by atoms with E-state index in [9.17, 15) is 4.79 Å². The van der Waals surface area contributed by atoms with E-state index in [2.05, 4.69) is 14.5 Å². The summed E-state index contributed by atoms with van der Waals surface area (Å²) >= 11 is 0. The molecule has 0 bridgehead atoms. The van der Waals surface area contributed by atoms with Gasteiger partial charge in [0.2, 0.25) is 5.91 Å². The van der Waals surface area contributed by atoms with Crippen LogP contribution in [0, 0.1) is 12.8 Å². The second-order valence-corrected chi connectivity index (χ2v) is 7.59. The number of hydrogen-bond acceptors (Lipinski definition) is 4. The van der Waals surface area contributed by atoms with Gasteiger partial charge in [0, 0.05) is 37.3 Å². The molecule has 1 amide bonds. The number of amides is 1. The minimum absolute atomic E-state index is 0.152. The van der Waals surface area contributed by atoms with Crippen molar-refractivity contribution in [2.45, 2.75) is 45.3 Å². The summed E-state index contributed by atoms with van der Waals surface area (Å²) in [4.78, 5) is 23.5. The normalized spacial score (nSPS) is 19.5. The van der Waals surface area contributed by atoms with Gasteiger partial charge in [-0.1, -0.05) is 6.07 Å². The molecular weight excluding hydrogens is 328 g/mol. The summed E-state index contributed by atoms with van der Waals surface area (Å²) in [6.07, 6.45) is 4.92. The lowest BCUT2D eigenvalue weighted by atomic mass is 9.98. The van der Waals surface area contributed by atoms with Crippen LogP contribution in [0.25, 0.3) is 0 Å². The number of aromatic nitrogens is 3. The third-order valence-electron chi connectivity index (χ3n) is 5.26. The average Bonchev–Trinajstić information content (AvgIpc) is 3.35. The Bertz CT molecular complexity index is 797. The van der Waals surface area contributed by atoms with Crippen LogP contribution in [-0.2, 0) is 29.7 Å². The molecule has 2 aliphatic rings. The molecule has 1 atom stereocenters. The summed E-state index contributed by atoms with van der Waals surface area (Å²) in [5.74, 6) is 1.02. The Morgan fingerprint density at radius 1 is 1.35 bits per heavy atom. The van der Waals surface area contributed by atoms with Crippen molar-refractivity contribution in [2.24, 2.45) is 13.0 Å². The molecule has 1 aliphatic carbocycles. The van der Waals surface area contributed by atoms with E-state index in [4.69, 9.17) is 4.74 Å². The van der Waals surface area contributed by atoms with E-state index in [1.165, 1.54) is 18.5 Å². The van der Waals surface area contributed by atoms with Crippen molar-refractivity contribution in [3.63, 3.8) is 0 Å². The third-order valence-corrected chi connectivity index (χ3v) is 5.26. The maximum atomic E-state index is 12.6. The molecule has 6 nitrogen and oxygen atoms in total. The first-order valence-corrected chi connectivity index (χ1v) is 9.38. The number of aryl methyl sites for hydroxylation is 2. The molecule has 3 heterocycles. The highest BCUT2D eigenvalue weighted by Crippen LogP contribution is 2.34. The van der Waals surface area contributed by atoms with Crippen LogP contribution >= 0.6 is 0 Å². The van der Waals surface area contributed by atoms with E-state index < -0.39 is 0 Å². The standard InChI is InChI=1S/C20H26N4O2/c1-14-4-3-5-17(22-14)12-26-11-16-9-24(19(25)8-15-6-7-15)10-18-20(16)23(2)13-21-18/h3-5,13,15-16H,6-12H2,1-2H3. The maximum Gasteiger partial charge on any atom is 0.223 e. The molecule has 1 aliphatic heterocycles. The second kappa shape index (κ2) is 7.19. The molecule has 0 aromatic carbocycles. The zero-order valence-corrected chi connectivity index (χ0v) is 15.5. The number of hydrogen-bond donors (Lipinski definition) is 0. The van der Waals surface area contributed by atoms with Crippen LogP contribution in [0.15, 0.2) is 24.5 Å². The highest BCUT2D eigenvalue weighted by Gasteiger charge is 2.34. The van der Waals surface area contributed by atoms with Gasteiger partial charge in [0.25, 0.3) is 0 Å². The highest BCUT2D eigenvalue weighted by molar-refractivity contribution is 5.77. The van der Waals surface area contributed by atoms with Crippen LogP contribution in [0.2, 0.25) is 0 Å². The van der Waals surface area contributed by atoms with Crippen molar-refractivity contribution >= 4 is 5.91 Å². The van der Waals surface area contributed by atoms with Crippen molar-refractivity contribution in [1.29, 1.82) is 0 Å². The lowest BCUT2D eigenvalue weighted by molar-refractivity contribution is -0.133. The molecule has 138 valence electrons. The van der Waals surface area contributed by atoms with E-state index in [-0.39, 0.29) is 11.8 Å². The maximum absolute atomic E-state index is 12.6. The monoisotopic (exact) mass is 354 g/mol. The van der Waals surface area contributed by atoms with Gasteiger partial charge in [-0.15, -0.1) is 0 Å². The van der Waals surface area contributed by atoms with Crippen molar-refractivity contribution in [2.75, 3.05) is 13.2 Å². The lowest BCUT2D eigenvalue weighted by Gasteiger charge is -2.33. The molecule has 4 rings (SSSR count). The number of carbonyl (C=O) groups excluding carboxylic acids is 1. The summed E-state index contributed by atoms with van der Waals surface area (Å²) in [6.45, 7) is 4.36. The van der Waals surface area contributed by atoms with Gasteiger partial charge in [-0.25, -0.2) is 4.98 Å². The molecule has 0 saturated heterocycles. The van der Waals surface area contributed by atoms with Crippen LogP contribution < -0.4 is 0 Å². The Balaban J connectivity index is 1.42. The number of pyridine rings is 1. The van der Waals surface area contributed by atoms with Gasteiger partial charge in [0.05, 0.1) is 37.5 Å². The Morgan fingerprint density at radius 2 is 2.19 bits per heavy atom. The van der Waals surface area contributed by atoms with Crippen LogP contribution in [0.3, 0.4) is 0 Å². The molecule has 26 heavy (non-hydrogen) atoms. The minimum Gasteiger partial charge on any atom is -0.374 e. The quantitative estimate of drug-likeness (QED) is 0.800. The summed E-state index contributed by atoms with van der Waals surface area (Å²) < 4.78 is 8.04. The zero-order chi connectivity index (χ0) is 18.1. The smallest absolute Gasteiger partial charge is 0.223 e. The fourth-order valence-corrected chi connectivity index (χ4v) is 3.74. The van der Waals surface area contributed by atoms with Gasteiger partial charge in [0.15, 0.2) is 0 Å². The van der Waals surface area contributed by atoms with Crippen LogP contribution in [0.5, 0.6) is 0 Å². The number of carbonyl (C=O) groups is 1. The van der Waals surface area contributed by atoms with Crippen molar-refractivity contribution < 1.29 is 9.53 Å². The van der Waals surface area contributed by atoms with E-state index in [1.54, 1.807) is 0 Å².